The Hall–Kier alpha value is -2.29. The van der Waals surface area contributed by atoms with Crippen molar-refractivity contribution in [2.24, 2.45) is 0 Å². The molecule has 0 aliphatic carbocycles. The Bertz CT molecular complexity index is 719. The quantitative estimate of drug-likeness (QED) is 0.530. The van der Waals surface area contributed by atoms with E-state index >= 15 is 0 Å². The van der Waals surface area contributed by atoms with Gasteiger partial charge in [0.05, 0.1) is 11.0 Å². The molecule has 3 aromatic rings. The topological polar surface area (TPSA) is 50.9 Å². The number of nitrogens with one attached hydrogen (secondary N) is 1. The molecule has 3 heteroatoms. The minimum absolute atomic E-state index is 0.747. The van der Waals surface area contributed by atoms with E-state index < -0.39 is 0 Å². The number of hydrogen-bond donors (Lipinski definition) is 2. The zero-order valence-corrected chi connectivity index (χ0v) is 10.3. The summed E-state index contributed by atoms with van der Waals surface area (Å²) in [7, 11) is 0. The molecule has 1 heterocycles. The molecule has 18 heavy (non-hydrogen) atoms. The van der Waals surface area contributed by atoms with Gasteiger partial charge in [-0.25, -0.2) is 4.98 Å². The third kappa shape index (κ3) is 1.84. The number of hydrogen-bond acceptors (Lipinski definition) is 3. The smallest absolute Gasteiger partial charge is 0.0730 e. The van der Waals surface area contributed by atoms with E-state index in [1.165, 1.54) is 0 Å². The molecule has 2 aromatic carbocycles. The first kappa shape index (κ1) is 10.8. The van der Waals surface area contributed by atoms with Crippen LogP contribution in [0.15, 0.2) is 42.5 Å². The van der Waals surface area contributed by atoms with E-state index in [1.807, 2.05) is 18.2 Å². The highest BCUT2D eigenvalue weighted by atomic mass is 14.9. The lowest BCUT2D eigenvalue weighted by Crippen LogP contribution is -1.96. The molecule has 0 amide bonds. The summed E-state index contributed by atoms with van der Waals surface area (Å²) < 4.78 is 0. The van der Waals surface area contributed by atoms with Gasteiger partial charge >= 0.3 is 0 Å². The number of nitrogen functional groups attached to an aromatic ring is 1. The number of rotatable bonds is 2. The van der Waals surface area contributed by atoms with Crippen LogP contribution >= 0.6 is 0 Å². The second-order valence-corrected chi connectivity index (χ2v) is 4.38. The van der Waals surface area contributed by atoms with E-state index in [9.17, 15) is 0 Å². The first-order valence-corrected chi connectivity index (χ1v) is 6.10. The maximum atomic E-state index is 5.79. The Kier molecular flexibility index (Phi) is 2.52. The van der Waals surface area contributed by atoms with Gasteiger partial charge < -0.3 is 11.1 Å². The molecule has 3 rings (SSSR count). The summed E-state index contributed by atoms with van der Waals surface area (Å²) in [5.41, 5.74) is 9.57. The third-order valence-electron chi connectivity index (χ3n) is 3.02. The Labute approximate surface area is 106 Å². The van der Waals surface area contributed by atoms with E-state index in [4.69, 9.17) is 5.73 Å². The molecule has 0 spiro atoms. The van der Waals surface area contributed by atoms with Crippen molar-refractivity contribution in [2.75, 3.05) is 17.6 Å². The zero-order valence-electron chi connectivity index (χ0n) is 10.3. The van der Waals surface area contributed by atoms with Crippen LogP contribution in [-0.2, 0) is 0 Å². The number of nitrogens with zero attached hydrogens (tertiary/aromatic N) is 1. The molecule has 0 bridgehead atoms. The largest absolute Gasteiger partial charge is 0.399 e. The van der Waals surface area contributed by atoms with E-state index in [1.54, 1.807) is 0 Å². The normalized spacial score (nSPS) is 10.9. The average molecular weight is 237 g/mol. The minimum atomic E-state index is 0.747. The standard InChI is InChI=1S/C15H15N3/c1-2-17-13-6-4-11-7-10-3-5-12(16)8-14(10)18-15(11)9-13/h3-9,17H,2,16H2,1H3. The molecule has 3 N–H and O–H groups in total. The summed E-state index contributed by atoms with van der Waals surface area (Å²) in [4.78, 5) is 4.66. The van der Waals surface area contributed by atoms with Crippen molar-refractivity contribution in [3.8, 4) is 0 Å². The number of pyridine rings is 1. The van der Waals surface area contributed by atoms with Crippen LogP contribution in [0.2, 0.25) is 0 Å². The van der Waals surface area contributed by atoms with Crippen molar-refractivity contribution >= 4 is 33.2 Å². The fourth-order valence-electron chi connectivity index (χ4n) is 2.15. The van der Waals surface area contributed by atoms with E-state index in [2.05, 4.69) is 41.5 Å². The van der Waals surface area contributed by atoms with Crippen LogP contribution in [0.4, 0.5) is 11.4 Å². The summed E-state index contributed by atoms with van der Waals surface area (Å²) in [5.74, 6) is 0. The zero-order chi connectivity index (χ0) is 12.5. The lowest BCUT2D eigenvalue weighted by atomic mass is 10.1. The Morgan fingerprint density at radius 1 is 1.00 bits per heavy atom. The van der Waals surface area contributed by atoms with Crippen LogP contribution in [0.3, 0.4) is 0 Å². The van der Waals surface area contributed by atoms with E-state index in [-0.39, 0.29) is 0 Å². The van der Waals surface area contributed by atoms with Crippen LogP contribution in [0, 0.1) is 0 Å². The maximum Gasteiger partial charge on any atom is 0.0730 e. The third-order valence-corrected chi connectivity index (χ3v) is 3.02. The van der Waals surface area contributed by atoms with Crippen molar-refractivity contribution in [2.45, 2.75) is 6.92 Å². The van der Waals surface area contributed by atoms with Gasteiger partial charge in [-0.2, -0.15) is 0 Å². The molecule has 1 aromatic heterocycles. The summed E-state index contributed by atoms with van der Waals surface area (Å²) >= 11 is 0. The van der Waals surface area contributed by atoms with Crippen LogP contribution in [-0.4, -0.2) is 11.5 Å². The van der Waals surface area contributed by atoms with Gasteiger partial charge in [0.1, 0.15) is 0 Å². The van der Waals surface area contributed by atoms with Crippen molar-refractivity contribution in [3.63, 3.8) is 0 Å². The van der Waals surface area contributed by atoms with Gasteiger partial charge in [-0.05, 0) is 37.3 Å². The second kappa shape index (κ2) is 4.18. The minimum Gasteiger partial charge on any atom is -0.399 e. The molecule has 0 atom stereocenters. The monoisotopic (exact) mass is 237 g/mol. The summed E-state index contributed by atoms with van der Waals surface area (Å²) in [6.45, 7) is 2.99. The van der Waals surface area contributed by atoms with Crippen LogP contribution in [0.1, 0.15) is 6.92 Å². The molecule has 0 radical (unpaired) electrons. The highest BCUT2D eigenvalue weighted by Gasteiger charge is 2.01. The molecule has 90 valence electrons. The fraction of sp³-hybridized carbons (Fsp3) is 0.133. The molecular weight excluding hydrogens is 222 g/mol. The lowest BCUT2D eigenvalue weighted by molar-refractivity contribution is 1.21. The molecule has 0 saturated heterocycles. The molecule has 3 nitrogen and oxygen atoms in total. The van der Waals surface area contributed by atoms with Gasteiger partial charge in [-0.3, -0.25) is 0 Å². The van der Waals surface area contributed by atoms with Crippen molar-refractivity contribution in [1.29, 1.82) is 0 Å². The van der Waals surface area contributed by atoms with Crippen molar-refractivity contribution < 1.29 is 0 Å². The number of benzene rings is 2. The number of nitrogens with two attached hydrogens (primary N) is 1. The Morgan fingerprint density at radius 3 is 2.50 bits per heavy atom. The number of anilines is 2. The number of fused-ring (bicyclic) bond motifs is 2. The van der Waals surface area contributed by atoms with Gasteiger partial charge in [0, 0.05) is 28.7 Å². The van der Waals surface area contributed by atoms with Gasteiger partial charge in [-0.15, -0.1) is 0 Å². The Morgan fingerprint density at radius 2 is 1.72 bits per heavy atom. The van der Waals surface area contributed by atoms with E-state index in [0.717, 1.165) is 39.7 Å². The molecule has 0 aliphatic rings. The van der Waals surface area contributed by atoms with Crippen LogP contribution in [0.25, 0.3) is 21.8 Å². The van der Waals surface area contributed by atoms with Crippen LogP contribution < -0.4 is 11.1 Å². The maximum absolute atomic E-state index is 5.79. The summed E-state index contributed by atoms with van der Waals surface area (Å²) in [6, 6.07) is 14.2. The van der Waals surface area contributed by atoms with Gasteiger partial charge in [0.25, 0.3) is 0 Å². The average Bonchev–Trinajstić information content (AvgIpc) is 2.36. The SMILES string of the molecule is CCNc1ccc2cc3ccc(N)cc3nc2c1. The van der Waals surface area contributed by atoms with E-state index in [0.29, 0.717) is 0 Å². The van der Waals surface area contributed by atoms with Crippen LogP contribution in [0.5, 0.6) is 0 Å². The first-order chi connectivity index (χ1) is 8.76. The van der Waals surface area contributed by atoms with Gasteiger partial charge in [-0.1, -0.05) is 12.1 Å². The fourth-order valence-corrected chi connectivity index (χ4v) is 2.15. The summed E-state index contributed by atoms with van der Waals surface area (Å²) in [5, 5.41) is 5.56. The summed E-state index contributed by atoms with van der Waals surface area (Å²) in [6.07, 6.45) is 0. The van der Waals surface area contributed by atoms with Gasteiger partial charge in [0.2, 0.25) is 0 Å². The molecule has 0 fully saturated rings. The molecule has 0 saturated carbocycles. The first-order valence-electron chi connectivity index (χ1n) is 6.10. The van der Waals surface area contributed by atoms with Gasteiger partial charge in [0.15, 0.2) is 0 Å². The predicted molar refractivity (Wildman–Crippen MR) is 77.8 cm³/mol. The molecule has 0 unspecified atom stereocenters. The van der Waals surface area contributed by atoms with Crippen molar-refractivity contribution in [1.82, 2.24) is 4.98 Å². The number of aromatic nitrogens is 1. The lowest BCUT2D eigenvalue weighted by Gasteiger charge is -2.06. The molecule has 0 aliphatic heterocycles. The Balaban J connectivity index is 2.25. The highest BCUT2D eigenvalue weighted by molar-refractivity contribution is 5.94. The molecular formula is C15H15N3. The predicted octanol–water partition coefficient (Wildman–Crippen LogP) is 3.40. The second-order valence-electron chi connectivity index (χ2n) is 4.38. The van der Waals surface area contributed by atoms with Crippen molar-refractivity contribution in [3.05, 3.63) is 42.5 Å². The highest BCUT2D eigenvalue weighted by Crippen LogP contribution is 2.23.